The second-order valence-electron chi connectivity index (χ2n) is 7.52. The molecule has 1 saturated heterocycles. The van der Waals surface area contributed by atoms with Gasteiger partial charge in [0.05, 0.1) is 20.1 Å². The minimum absolute atomic E-state index is 0.189. The molecule has 10 nitrogen and oxygen atoms in total. The normalized spacial score (nSPS) is 14.9. The highest BCUT2D eigenvalue weighted by Crippen LogP contribution is 2.32. The summed E-state index contributed by atoms with van der Waals surface area (Å²) in [5.41, 5.74) is 0.892. The van der Waals surface area contributed by atoms with Crippen LogP contribution < -0.4 is 5.32 Å². The Morgan fingerprint density at radius 3 is 2.22 bits per heavy atom. The maximum atomic E-state index is 13.0. The van der Waals surface area contributed by atoms with Crippen LogP contribution in [-0.2, 0) is 25.5 Å². The summed E-state index contributed by atoms with van der Waals surface area (Å²) in [6, 6.07) is 3.06. The van der Waals surface area contributed by atoms with Crippen LogP contribution in [0.1, 0.15) is 14.9 Å². The molecule has 1 unspecified atom stereocenters. The van der Waals surface area contributed by atoms with Crippen LogP contribution in [0.3, 0.4) is 0 Å². The molecule has 36 heavy (non-hydrogen) atoms. The first-order chi connectivity index (χ1) is 17.3. The number of methoxy groups -OCH3 is 1. The number of carbonyl (C=O) groups excluding carboxylic acids is 3. The smallest absolute Gasteiger partial charge is 0.354 e. The van der Waals surface area contributed by atoms with E-state index in [0.717, 1.165) is 23.6 Å². The molecule has 1 aliphatic rings. The number of thiophene rings is 1. The van der Waals surface area contributed by atoms with Crippen molar-refractivity contribution in [1.82, 2.24) is 30.6 Å². The summed E-state index contributed by atoms with van der Waals surface area (Å²) in [4.78, 5) is 40.6. The Labute approximate surface area is 227 Å². The van der Waals surface area contributed by atoms with Gasteiger partial charge < -0.3 is 15.0 Å². The maximum absolute atomic E-state index is 13.0. The second kappa shape index (κ2) is 12.3. The molecular weight excluding hydrogens is 561 g/mol. The molecule has 4 rings (SSSR count). The van der Waals surface area contributed by atoms with Gasteiger partial charge in [0.15, 0.2) is 8.68 Å². The Balaban J connectivity index is 1.51. The van der Waals surface area contributed by atoms with Crippen molar-refractivity contribution in [3.8, 4) is 0 Å². The number of nitrogens with one attached hydrogen (secondary N) is 1. The van der Waals surface area contributed by atoms with E-state index in [-0.39, 0.29) is 30.5 Å². The van der Waals surface area contributed by atoms with Crippen LogP contribution in [-0.4, -0.2) is 74.3 Å². The van der Waals surface area contributed by atoms with Crippen molar-refractivity contribution in [2.45, 2.75) is 35.0 Å². The summed E-state index contributed by atoms with van der Waals surface area (Å²) >= 11 is 7.28. The summed E-state index contributed by atoms with van der Waals surface area (Å²) in [7, 11) is 1.28. The Bertz CT molecular complexity index is 1230. The fourth-order valence-electron chi connectivity index (χ4n) is 3.24. The van der Waals surface area contributed by atoms with E-state index >= 15 is 0 Å². The predicted octanol–water partition coefficient (Wildman–Crippen LogP) is 2.95. The van der Waals surface area contributed by atoms with E-state index in [1.807, 2.05) is 31.4 Å². The minimum atomic E-state index is -0.685. The van der Waals surface area contributed by atoms with Gasteiger partial charge >= 0.3 is 5.97 Å². The third kappa shape index (κ3) is 6.70. The lowest BCUT2D eigenvalue weighted by molar-refractivity contribution is -0.150. The van der Waals surface area contributed by atoms with Crippen LogP contribution in [0.5, 0.6) is 0 Å². The molecule has 1 aliphatic heterocycles. The van der Waals surface area contributed by atoms with Crippen molar-refractivity contribution in [3.63, 3.8) is 0 Å². The third-order valence-electron chi connectivity index (χ3n) is 4.92. The molecular formula is C21H22N6O4S5. The van der Waals surface area contributed by atoms with E-state index < -0.39 is 12.0 Å². The minimum Gasteiger partial charge on any atom is -0.464 e. The lowest BCUT2D eigenvalue weighted by Gasteiger charge is -2.39. The highest BCUT2D eigenvalue weighted by molar-refractivity contribution is 8.02. The molecule has 1 atom stereocenters. The largest absolute Gasteiger partial charge is 0.464 e. The highest BCUT2D eigenvalue weighted by Gasteiger charge is 2.43. The molecule has 4 heterocycles. The number of likely N-dealkylation sites (tertiary alicyclic amines) is 1. The van der Waals surface area contributed by atoms with Crippen LogP contribution in [0.4, 0.5) is 0 Å². The van der Waals surface area contributed by atoms with Crippen LogP contribution >= 0.6 is 57.5 Å². The topological polar surface area (TPSA) is 127 Å². The molecule has 0 aromatic carbocycles. The van der Waals surface area contributed by atoms with Crippen molar-refractivity contribution < 1.29 is 19.1 Å². The summed E-state index contributed by atoms with van der Waals surface area (Å²) in [5, 5.41) is 22.7. The number of amides is 2. The number of rotatable bonds is 11. The first-order valence-electron chi connectivity index (χ1n) is 10.6. The van der Waals surface area contributed by atoms with E-state index in [1.165, 1.54) is 69.5 Å². The average molecular weight is 583 g/mol. The fourth-order valence-corrected chi connectivity index (χ4v) is 7.73. The molecule has 190 valence electrons. The van der Waals surface area contributed by atoms with Gasteiger partial charge in [0.1, 0.15) is 21.8 Å². The quantitative estimate of drug-likeness (QED) is 0.156. The lowest BCUT2D eigenvalue weighted by atomic mass is 10.0. The number of aryl methyl sites for hydroxylation is 2. The van der Waals surface area contributed by atoms with Gasteiger partial charge in [-0.3, -0.25) is 9.59 Å². The van der Waals surface area contributed by atoms with Crippen molar-refractivity contribution in [3.05, 3.63) is 43.7 Å². The molecule has 0 saturated carbocycles. The molecule has 3 aromatic heterocycles. The molecule has 0 bridgehead atoms. The molecule has 3 aromatic rings. The van der Waals surface area contributed by atoms with Crippen molar-refractivity contribution in [2.75, 3.05) is 25.2 Å². The Kier molecular flexibility index (Phi) is 9.11. The van der Waals surface area contributed by atoms with Gasteiger partial charge in [-0.05, 0) is 30.9 Å². The molecule has 1 fully saturated rings. The molecule has 0 spiro atoms. The third-order valence-corrected chi connectivity index (χ3v) is 9.91. The Morgan fingerprint density at radius 1 is 1.11 bits per heavy atom. The van der Waals surface area contributed by atoms with Crippen LogP contribution in [0.25, 0.3) is 0 Å². The van der Waals surface area contributed by atoms with Gasteiger partial charge in [0.25, 0.3) is 5.91 Å². The van der Waals surface area contributed by atoms with Crippen molar-refractivity contribution in [2.24, 2.45) is 0 Å². The summed E-state index contributed by atoms with van der Waals surface area (Å²) in [5.74, 6) is -0.374. The van der Waals surface area contributed by atoms with E-state index in [4.69, 9.17) is 4.74 Å². The summed E-state index contributed by atoms with van der Waals surface area (Å²) in [6.45, 7) is 3.93. The van der Waals surface area contributed by atoms with E-state index in [9.17, 15) is 14.4 Å². The van der Waals surface area contributed by atoms with Crippen LogP contribution in [0, 0.1) is 13.8 Å². The number of ether oxygens (including phenoxy) is 1. The standard InChI is InChI=1S/C21H22N6O4S5/c1-11-23-25-20(35-11)33-9-13(10-34-21-26-24-12(2)36-21)17(19(30)31-3)27-8-15(18(27)29)22-16(28)7-14-5-4-6-32-14/h4-6,15H,7-10H2,1-3H3,(H,22,28). The van der Waals surface area contributed by atoms with E-state index in [2.05, 4.69) is 25.7 Å². The van der Waals surface area contributed by atoms with E-state index in [0.29, 0.717) is 17.1 Å². The first-order valence-corrected chi connectivity index (χ1v) is 15.1. The summed E-state index contributed by atoms with van der Waals surface area (Å²) in [6.07, 6.45) is 0.211. The molecule has 2 amide bonds. The van der Waals surface area contributed by atoms with Crippen molar-refractivity contribution in [1.29, 1.82) is 0 Å². The first kappa shape index (κ1) is 26.7. The number of β-lactam (4-membered cyclic amide) rings is 1. The van der Waals surface area contributed by atoms with Gasteiger partial charge in [-0.2, -0.15) is 0 Å². The molecule has 0 aliphatic carbocycles. The van der Waals surface area contributed by atoms with Crippen LogP contribution in [0.2, 0.25) is 0 Å². The van der Waals surface area contributed by atoms with Gasteiger partial charge in [-0.15, -0.1) is 31.7 Å². The molecule has 15 heteroatoms. The number of nitrogens with zero attached hydrogens (tertiary/aromatic N) is 5. The maximum Gasteiger partial charge on any atom is 0.354 e. The zero-order chi connectivity index (χ0) is 25.7. The Hall–Kier alpha value is -2.33. The second-order valence-corrected chi connectivity index (χ2v) is 13.4. The number of thioether (sulfide) groups is 2. The number of hydrogen-bond acceptors (Lipinski definition) is 13. The van der Waals surface area contributed by atoms with E-state index in [1.54, 1.807) is 0 Å². The SMILES string of the molecule is COC(=O)C(=C(CSc1nnc(C)s1)CSc1nnc(C)s1)N1CC(NC(=O)Cc2cccs2)C1=O. The Morgan fingerprint density at radius 2 is 1.75 bits per heavy atom. The van der Waals surface area contributed by atoms with Gasteiger partial charge in [-0.1, -0.05) is 52.3 Å². The van der Waals surface area contributed by atoms with Gasteiger partial charge in [-0.25, -0.2) is 4.79 Å². The monoisotopic (exact) mass is 582 g/mol. The highest BCUT2D eigenvalue weighted by atomic mass is 32.2. The van der Waals surface area contributed by atoms with Gasteiger partial charge in [0.2, 0.25) is 5.91 Å². The number of aromatic nitrogens is 4. The number of carbonyl (C=O) groups is 3. The molecule has 1 N–H and O–H groups in total. The lowest BCUT2D eigenvalue weighted by Crippen LogP contribution is -2.64. The fraction of sp³-hybridized carbons (Fsp3) is 0.381. The van der Waals surface area contributed by atoms with Crippen molar-refractivity contribution >= 4 is 75.3 Å². The van der Waals surface area contributed by atoms with Gasteiger partial charge in [0, 0.05) is 16.4 Å². The summed E-state index contributed by atoms with van der Waals surface area (Å²) < 4.78 is 6.58. The zero-order valence-corrected chi connectivity index (χ0v) is 23.6. The average Bonchev–Trinajstić information content (AvgIpc) is 3.61. The number of esters is 1. The zero-order valence-electron chi connectivity index (χ0n) is 19.5. The molecule has 0 radical (unpaired) electrons. The number of hydrogen-bond donors (Lipinski definition) is 1. The van der Waals surface area contributed by atoms with Crippen LogP contribution in [0.15, 0.2) is 37.5 Å². The predicted molar refractivity (Wildman–Crippen MR) is 141 cm³/mol.